The fourth-order valence-corrected chi connectivity index (χ4v) is 6.17. The average molecular weight is 652 g/mol. The molecular formula is C38H33N7O2S. The molecule has 10 heteroatoms. The normalized spacial score (nSPS) is 13.6. The molecule has 1 heterocycles. The second-order valence-corrected chi connectivity index (χ2v) is 12.1. The summed E-state index contributed by atoms with van der Waals surface area (Å²) >= 11 is 4.62. The van der Waals surface area contributed by atoms with Gasteiger partial charge in [0.2, 0.25) is 0 Å². The smallest absolute Gasteiger partial charge is 0.152 e. The minimum absolute atomic E-state index is 0.00111. The second-order valence-electron chi connectivity index (χ2n) is 11.7. The fraction of sp³-hybridized carbons (Fsp3) is 0.132. The van der Waals surface area contributed by atoms with E-state index in [4.69, 9.17) is 0 Å². The molecule has 6 aromatic rings. The van der Waals surface area contributed by atoms with Gasteiger partial charge in [-0.1, -0.05) is 48.0 Å². The number of hydrogen-bond acceptors (Lipinski definition) is 10. The summed E-state index contributed by atoms with van der Waals surface area (Å²) in [6, 6.07) is 32.8. The predicted octanol–water partition coefficient (Wildman–Crippen LogP) is 10.1. The molecule has 48 heavy (non-hydrogen) atoms. The van der Waals surface area contributed by atoms with Gasteiger partial charge in [0.15, 0.2) is 12.0 Å². The number of carbonyl (C=O) groups excluding carboxylic acids is 1. The topological polar surface area (TPSA) is 114 Å². The van der Waals surface area contributed by atoms with Gasteiger partial charge < -0.3 is 20.6 Å². The number of fused-ring (bicyclic) bond motifs is 2. The van der Waals surface area contributed by atoms with Crippen LogP contribution in [0.2, 0.25) is 0 Å². The van der Waals surface area contributed by atoms with Gasteiger partial charge in [-0.3, -0.25) is 4.79 Å². The number of benzene rings is 6. The number of carbonyl (C=O) groups is 1. The van der Waals surface area contributed by atoms with E-state index in [2.05, 4.69) is 48.6 Å². The molecule has 6 aromatic carbocycles. The SMILES string of the molecule is Cc1ccc(Nc2ccc3cc(S)c(N=Nc4ccc(N=Nc5ccc(N6CCNCC6)c(C=O)c5)c5ccccc45)c(O)c3c2)cc1. The number of thiol groups is 1. The maximum absolute atomic E-state index is 11.9. The molecule has 1 aliphatic rings. The monoisotopic (exact) mass is 651 g/mol. The summed E-state index contributed by atoms with van der Waals surface area (Å²) < 4.78 is 0. The maximum Gasteiger partial charge on any atom is 0.152 e. The molecular weight excluding hydrogens is 619 g/mol. The van der Waals surface area contributed by atoms with E-state index in [0.29, 0.717) is 32.9 Å². The first-order valence-corrected chi connectivity index (χ1v) is 16.1. The van der Waals surface area contributed by atoms with E-state index in [9.17, 15) is 9.90 Å². The molecule has 238 valence electrons. The Hall–Kier alpha value is -5.58. The minimum Gasteiger partial charge on any atom is -0.505 e. The molecule has 0 saturated carbocycles. The molecule has 1 saturated heterocycles. The Morgan fingerprint density at radius 3 is 2.17 bits per heavy atom. The number of phenolic OH excluding ortho intramolecular Hbond substituents is 1. The van der Waals surface area contributed by atoms with E-state index in [0.717, 1.165) is 65.7 Å². The molecule has 0 unspecified atom stereocenters. The third-order valence-corrected chi connectivity index (χ3v) is 8.75. The maximum atomic E-state index is 11.9. The number of anilines is 3. The van der Waals surface area contributed by atoms with Crippen molar-refractivity contribution in [2.45, 2.75) is 11.8 Å². The number of hydrogen-bond donors (Lipinski definition) is 4. The van der Waals surface area contributed by atoms with Gasteiger partial charge in [-0.2, -0.15) is 5.11 Å². The van der Waals surface area contributed by atoms with Gasteiger partial charge in [0.05, 0.1) is 17.1 Å². The quantitative estimate of drug-likeness (QED) is 0.0743. The standard InChI is InChI=1S/C38H33N7O2S/c1-24-6-9-27(10-7-24)40-28-11-8-25-21-36(48)37(38(47)32(25)22-28)44-43-34-14-13-33(30-4-2-3-5-31(30)34)42-41-29-12-15-35(26(20-29)23-46)45-18-16-39-17-19-45/h2-15,20-23,39-40,47-48H,16-19H2,1H3. The number of aryl methyl sites for hydroxylation is 1. The first kappa shape index (κ1) is 31.0. The largest absolute Gasteiger partial charge is 0.505 e. The third kappa shape index (κ3) is 6.48. The molecule has 0 amide bonds. The molecule has 0 radical (unpaired) electrons. The summed E-state index contributed by atoms with van der Waals surface area (Å²) in [7, 11) is 0. The van der Waals surface area contributed by atoms with Crippen molar-refractivity contribution >= 4 is 80.3 Å². The number of rotatable bonds is 8. The van der Waals surface area contributed by atoms with E-state index >= 15 is 0 Å². The summed E-state index contributed by atoms with van der Waals surface area (Å²) in [6.07, 6.45) is 0.871. The van der Waals surface area contributed by atoms with Gasteiger partial charge in [-0.15, -0.1) is 28.0 Å². The Bertz CT molecular complexity index is 2210. The molecule has 7 rings (SSSR count). The summed E-state index contributed by atoms with van der Waals surface area (Å²) in [5.41, 5.74) is 6.60. The summed E-state index contributed by atoms with van der Waals surface area (Å²) in [4.78, 5) is 14.6. The van der Waals surface area contributed by atoms with Crippen LogP contribution in [0.1, 0.15) is 15.9 Å². The zero-order valence-electron chi connectivity index (χ0n) is 26.3. The number of azo groups is 2. The molecule has 0 aliphatic carbocycles. The van der Waals surface area contributed by atoms with Gasteiger partial charge >= 0.3 is 0 Å². The Kier molecular flexibility index (Phi) is 8.82. The van der Waals surface area contributed by atoms with Crippen LogP contribution >= 0.6 is 12.6 Å². The number of phenols is 1. The highest BCUT2D eigenvalue weighted by Crippen LogP contribution is 2.43. The van der Waals surface area contributed by atoms with Crippen molar-refractivity contribution < 1.29 is 9.90 Å². The first-order chi connectivity index (χ1) is 23.5. The zero-order chi connectivity index (χ0) is 33.0. The van der Waals surface area contributed by atoms with E-state index in [-0.39, 0.29) is 11.4 Å². The van der Waals surface area contributed by atoms with Crippen molar-refractivity contribution in [1.82, 2.24) is 5.32 Å². The number of nitrogens with one attached hydrogen (secondary N) is 2. The van der Waals surface area contributed by atoms with Crippen LogP contribution in [0.25, 0.3) is 21.5 Å². The first-order valence-electron chi connectivity index (χ1n) is 15.7. The number of aromatic hydroxyl groups is 1. The number of aldehydes is 1. The Balaban J connectivity index is 1.17. The van der Waals surface area contributed by atoms with Crippen LogP contribution in [-0.4, -0.2) is 37.6 Å². The lowest BCUT2D eigenvalue weighted by Crippen LogP contribution is -2.43. The average Bonchev–Trinajstić information content (AvgIpc) is 3.12. The van der Waals surface area contributed by atoms with Gasteiger partial charge in [0.25, 0.3) is 0 Å². The lowest BCUT2D eigenvalue weighted by Gasteiger charge is -2.30. The molecule has 0 aromatic heterocycles. The van der Waals surface area contributed by atoms with E-state index < -0.39 is 0 Å². The van der Waals surface area contributed by atoms with Crippen molar-refractivity contribution in [2.24, 2.45) is 20.5 Å². The predicted molar refractivity (Wildman–Crippen MR) is 197 cm³/mol. The molecule has 9 nitrogen and oxygen atoms in total. The molecule has 3 N–H and O–H groups in total. The highest BCUT2D eigenvalue weighted by Gasteiger charge is 2.15. The number of nitrogens with zero attached hydrogens (tertiary/aromatic N) is 5. The van der Waals surface area contributed by atoms with Crippen LogP contribution in [-0.2, 0) is 0 Å². The van der Waals surface area contributed by atoms with E-state index in [1.54, 1.807) is 6.07 Å². The van der Waals surface area contributed by atoms with Gasteiger partial charge in [0.1, 0.15) is 5.69 Å². The molecule has 0 spiro atoms. The fourth-order valence-electron chi connectivity index (χ4n) is 5.88. The second kappa shape index (κ2) is 13.6. The van der Waals surface area contributed by atoms with Crippen molar-refractivity contribution in [1.29, 1.82) is 0 Å². The highest BCUT2D eigenvalue weighted by atomic mass is 32.1. The summed E-state index contributed by atoms with van der Waals surface area (Å²) in [5.74, 6) is 0.00111. The van der Waals surface area contributed by atoms with Crippen LogP contribution in [0, 0.1) is 6.92 Å². The van der Waals surface area contributed by atoms with Crippen molar-refractivity contribution in [3.63, 3.8) is 0 Å². The van der Waals surface area contributed by atoms with E-state index in [1.165, 1.54) is 5.56 Å². The van der Waals surface area contributed by atoms with Crippen LogP contribution in [0.5, 0.6) is 5.75 Å². The van der Waals surface area contributed by atoms with E-state index in [1.807, 2.05) is 104 Å². The molecule has 1 aliphatic heterocycles. The Morgan fingerprint density at radius 2 is 1.46 bits per heavy atom. The molecule has 0 atom stereocenters. The zero-order valence-corrected chi connectivity index (χ0v) is 27.2. The lowest BCUT2D eigenvalue weighted by molar-refractivity contribution is 0.112. The number of piperazine rings is 1. The summed E-state index contributed by atoms with van der Waals surface area (Å²) in [5, 5.41) is 39.2. The van der Waals surface area contributed by atoms with Crippen molar-refractivity contribution in [3.05, 3.63) is 114 Å². The molecule has 0 bridgehead atoms. The van der Waals surface area contributed by atoms with Crippen molar-refractivity contribution in [2.75, 3.05) is 36.4 Å². The third-order valence-electron chi connectivity index (χ3n) is 8.41. The minimum atomic E-state index is 0.00111. The van der Waals surface area contributed by atoms with Gasteiger partial charge in [-0.05, 0) is 73.0 Å². The lowest BCUT2D eigenvalue weighted by atomic mass is 10.1. The van der Waals surface area contributed by atoms with Crippen LogP contribution in [0.15, 0.2) is 128 Å². The van der Waals surface area contributed by atoms with Crippen LogP contribution in [0.3, 0.4) is 0 Å². The highest BCUT2D eigenvalue weighted by molar-refractivity contribution is 7.80. The van der Waals surface area contributed by atoms with Crippen molar-refractivity contribution in [3.8, 4) is 5.75 Å². The van der Waals surface area contributed by atoms with Gasteiger partial charge in [0, 0.05) is 69.9 Å². The van der Waals surface area contributed by atoms with Gasteiger partial charge in [-0.25, -0.2) is 0 Å². The van der Waals surface area contributed by atoms with Crippen LogP contribution < -0.4 is 15.5 Å². The van der Waals surface area contributed by atoms with Crippen LogP contribution in [0.4, 0.5) is 39.8 Å². The Labute approximate surface area is 283 Å². The molecule has 1 fully saturated rings. The summed E-state index contributed by atoms with van der Waals surface area (Å²) in [6.45, 7) is 5.51. The Morgan fingerprint density at radius 1 is 0.771 bits per heavy atom.